The van der Waals surface area contributed by atoms with E-state index in [0.29, 0.717) is 19.7 Å². The van der Waals surface area contributed by atoms with Gasteiger partial charge in [-0.3, -0.25) is 4.52 Å². The topological polar surface area (TPSA) is 49.8 Å². The Labute approximate surface area is 190 Å². The lowest BCUT2D eigenvalue weighted by Gasteiger charge is -2.24. The van der Waals surface area contributed by atoms with Crippen LogP contribution in [0, 0.1) is 0 Å². The normalized spacial score (nSPS) is 14.1. The molecule has 0 aliphatic heterocycles. The summed E-state index contributed by atoms with van der Waals surface area (Å²) in [6.45, 7) is 3.16. The monoisotopic (exact) mass is 471 g/mol. The number of hydrogen-bond donors (Lipinski definition) is 1. The van der Waals surface area contributed by atoms with E-state index in [4.69, 9.17) is 27.7 Å². The summed E-state index contributed by atoms with van der Waals surface area (Å²) >= 11 is 11.3. The number of unbranched alkanes of at least 4 members (excludes halogenated alkanes) is 12. The Balaban J connectivity index is 3.48. The van der Waals surface area contributed by atoms with Gasteiger partial charge in [-0.05, 0) is 32.1 Å². The fraction of sp³-hybridized carbons (Fsp3) is 0.909. The molecule has 0 spiro atoms. The number of rotatable bonds is 22. The molecule has 4 nitrogen and oxygen atoms in total. The van der Waals surface area contributed by atoms with E-state index < -0.39 is 7.75 Å². The largest absolute Gasteiger partial charge is 0.405 e. The Hall–Kier alpha value is 0.430. The minimum atomic E-state index is -3.77. The Morgan fingerprint density at radius 2 is 1.24 bits per heavy atom. The van der Waals surface area contributed by atoms with Gasteiger partial charge in [-0.1, -0.05) is 76.9 Å². The standard InChI is InChI=1S/C22H44Cl2NO3P/c1-2-3-4-5-6-7-8-9-10-11-12-13-14-15-16-17-22-28-29(26,27)25(20-18-23)21-19-24/h9-10H,2-8,11-22H2,1H3,(H,26,27)/b10-9-. The molecule has 1 N–H and O–H groups in total. The molecule has 1 atom stereocenters. The molecule has 0 fully saturated rings. The van der Waals surface area contributed by atoms with Crippen LogP contribution < -0.4 is 0 Å². The summed E-state index contributed by atoms with van der Waals surface area (Å²) in [6, 6.07) is 0. The molecule has 0 rings (SSSR count). The smallest absolute Gasteiger partial charge is 0.312 e. The number of hydrogen-bond acceptors (Lipinski definition) is 2. The van der Waals surface area contributed by atoms with Crippen LogP contribution >= 0.6 is 30.9 Å². The molecule has 0 bridgehead atoms. The molecule has 174 valence electrons. The average molecular weight is 472 g/mol. The SMILES string of the molecule is CCCCCCCC/C=C\CCCCCCCCOP(=O)(O)N(CCCl)CCCl. The minimum absolute atomic E-state index is 0.277. The molecule has 0 amide bonds. The lowest BCUT2D eigenvalue weighted by Crippen LogP contribution is -2.26. The maximum atomic E-state index is 12.2. The molecule has 7 heteroatoms. The van der Waals surface area contributed by atoms with Crippen molar-refractivity contribution in [3.8, 4) is 0 Å². The quantitative estimate of drug-likeness (QED) is 0.0753. The molecule has 0 aromatic heterocycles. The van der Waals surface area contributed by atoms with E-state index in [1.54, 1.807) is 0 Å². The van der Waals surface area contributed by atoms with Crippen molar-refractivity contribution in [2.75, 3.05) is 31.5 Å². The number of nitrogens with zero attached hydrogens (tertiary/aromatic N) is 1. The van der Waals surface area contributed by atoms with E-state index in [1.807, 2.05) is 0 Å². The van der Waals surface area contributed by atoms with E-state index in [1.165, 1.54) is 75.3 Å². The van der Waals surface area contributed by atoms with E-state index in [0.717, 1.165) is 19.3 Å². The Kier molecular flexibility index (Phi) is 22.0. The highest BCUT2D eigenvalue weighted by Crippen LogP contribution is 2.46. The summed E-state index contributed by atoms with van der Waals surface area (Å²) in [7, 11) is -3.77. The van der Waals surface area contributed by atoms with Crippen molar-refractivity contribution in [1.29, 1.82) is 0 Å². The summed E-state index contributed by atoms with van der Waals surface area (Å²) in [5, 5.41) is 0. The zero-order chi connectivity index (χ0) is 21.6. The molecule has 0 heterocycles. The first-order chi connectivity index (χ1) is 14.1. The third-order valence-corrected chi connectivity index (χ3v) is 6.93. The van der Waals surface area contributed by atoms with Gasteiger partial charge >= 0.3 is 7.75 Å². The van der Waals surface area contributed by atoms with E-state index in [9.17, 15) is 9.46 Å². The Morgan fingerprint density at radius 3 is 1.72 bits per heavy atom. The highest BCUT2D eigenvalue weighted by molar-refractivity contribution is 7.50. The number of halogens is 2. The second-order valence-electron chi connectivity index (χ2n) is 7.59. The van der Waals surface area contributed by atoms with E-state index >= 15 is 0 Å². The van der Waals surface area contributed by atoms with Gasteiger partial charge in [0.2, 0.25) is 0 Å². The molecule has 0 aliphatic carbocycles. The Morgan fingerprint density at radius 1 is 0.793 bits per heavy atom. The van der Waals surface area contributed by atoms with Gasteiger partial charge in [-0.2, -0.15) is 0 Å². The summed E-state index contributed by atoms with van der Waals surface area (Å²) in [4.78, 5) is 10.00. The lowest BCUT2D eigenvalue weighted by atomic mass is 10.1. The van der Waals surface area contributed by atoms with Crippen molar-refractivity contribution in [3.05, 3.63) is 12.2 Å². The fourth-order valence-electron chi connectivity index (χ4n) is 3.17. The molecule has 0 saturated heterocycles. The first-order valence-electron chi connectivity index (χ1n) is 11.6. The van der Waals surface area contributed by atoms with Crippen molar-refractivity contribution >= 4 is 30.9 Å². The van der Waals surface area contributed by atoms with Gasteiger partial charge in [0, 0.05) is 24.8 Å². The first kappa shape index (κ1) is 29.4. The van der Waals surface area contributed by atoms with Crippen LogP contribution in [-0.2, 0) is 9.09 Å². The Bertz CT molecular complexity index is 419. The van der Waals surface area contributed by atoms with Gasteiger partial charge in [-0.25, -0.2) is 9.24 Å². The van der Waals surface area contributed by atoms with E-state index in [-0.39, 0.29) is 11.8 Å². The number of alkyl halides is 2. The van der Waals surface area contributed by atoms with Crippen LogP contribution in [0.2, 0.25) is 0 Å². The molecule has 0 radical (unpaired) electrons. The molecular formula is C22H44Cl2NO3P. The van der Waals surface area contributed by atoms with Crippen LogP contribution in [0.15, 0.2) is 12.2 Å². The van der Waals surface area contributed by atoms with Gasteiger partial charge < -0.3 is 4.89 Å². The fourth-order valence-corrected chi connectivity index (χ4v) is 5.05. The molecule has 0 saturated carbocycles. The molecule has 29 heavy (non-hydrogen) atoms. The van der Waals surface area contributed by atoms with Crippen molar-refractivity contribution < 1.29 is 14.0 Å². The second-order valence-corrected chi connectivity index (χ2v) is 10.2. The number of allylic oxidation sites excluding steroid dienone is 2. The molecular weight excluding hydrogens is 428 g/mol. The van der Waals surface area contributed by atoms with Crippen LogP contribution in [0.3, 0.4) is 0 Å². The van der Waals surface area contributed by atoms with Crippen molar-refractivity contribution in [2.45, 2.75) is 96.8 Å². The molecule has 0 aromatic carbocycles. The van der Waals surface area contributed by atoms with Gasteiger partial charge in [-0.15, -0.1) is 23.2 Å². The van der Waals surface area contributed by atoms with Crippen LogP contribution in [0.25, 0.3) is 0 Å². The highest BCUT2D eigenvalue weighted by Gasteiger charge is 2.28. The molecule has 1 unspecified atom stereocenters. The molecule has 0 aromatic rings. The third kappa shape index (κ3) is 18.9. The summed E-state index contributed by atoms with van der Waals surface area (Å²) in [5.74, 6) is 0.554. The van der Waals surface area contributed by atoms with Crippen LogP contribution in [0.4, 0.5) is 0 Å². The third-order valence-electron chi connectivity index (χ3n) is 4.96. The van der Waals surface area contributed by atoms with Crippen molar-refractivity contribution in [2.24, 2.45) is 0 Å². The van der Waals surface area contributed by atoms with Gasteiger partial charge in [0.1, 0.15) is 0 Å². The summed E-state index contributed by atoms with van der Waals surface area (Å²) in [5.41, 5.74) is 0. The zero-order valence-corrected chi connectivity index (χ0v) is 20.9. The zero-order valence-electron chi connectivity index (χ0n) is 18.5. The maximum absolute atomic E-state index is 12.2. The van der Waals surface area contributed by atoms with Gasteiger partial charge in [0.05, 0.1) is 6.61 Å². The van der Waals surface area contributed by atoms with Crippen LogP contribution in [0.5, 0.6) is 0 Å². The predicted molar refractivity (Wildman–Crippen MR) is 128 cm³/mol. The minimum Gasteiger partial charge on any atom is -0.312 e. The maximum Gasteiger partial charge on any atom is 0.405 e. The van der Waals surface area contributed by atoms with Crippen molar-refractivity contribution in [1.82, 2.24) is 4.67 Å². The van der Waals surface area contributed by atoms with Gasteiger partial charge in [0.25, 0.3) is 0 Å². The van der Waals surface area contributed by atoms with Crippen LogP contribution in [-0.4, -0.2) is 41.0 Å². The molecule has 0 aliphatic rings. The average Bonchev–Trinajstić information content (AvgIpc) is 2.70. The first-order valence-corrected chi connectivity index (χ1v) is 14.2. The summed E-state index contributed by atoms with van der Waals surface area (Å²) in [6.07, 6.45) is 22.0. The highest BCUT2D eigenvalue weighted by atomic mass is 35.5. The predicted octanol–water partition coefficient (Wildman–Crippen LogP) is 7.92. The van der Waals surface area contributed by atoms with Crippen molar-refractivity contribution in [3.63, 3.8) is 0 Å². The summed E-state index contributed by atoms with van der Waals surface area (Å²) < 4.78 is 18.8. The van der Waals surface area contributed by atoms with E-state index in [2.05, 4.69) is 19.1 Å². The van der Waals surface area contributed by atoms with Gasteiger partial charge in [0.15, 0.2) is 0 Å². The lowest BCUT2D eigenvalue weighted by molar-refractivity contribution is 0.203. The second kappa shape index (κ2) is 21.7. The van der Waals surface area contributed by atoms with Crippen LogP contribution in [0.1, 0.15) is 96.8 Å².